The van der Waals surface area contributed by atoms with Gasteiger partial charge in [0.1, 0.15) is 0 Å². The van der Waals surface area contributed by atoms with E-state index in [0.717, 1.165) is 23.7 Å². The van der Waals surface area contributed by atoms with E-state index in [1.54, 1.807) is 11.1 Å². The lowest BCUT2D eigenvalue weighted by Crippen LogP contribution is -2.48. The summed E-state index contributed by atoms with van der Waals surface area (Å²) in [5, 5.41) is 0. The van der Waals surface area contributed by atoms with Crippen molar-refractivity contribution >= 4 is 0 Å². The molecule has 0 aliphatic heterocycles. The van der Waals surface area contributed by atoms with Gasteiger partial charge < -0.3 is 0 Å². The standard InChI is InChI=1S/C25H32/c1-24-16-7-6-10-19(24)11-12-20-22-14-13-21(18-8-4-3-5-9-18)25(22,2)17-15-23(20)24/h3-5,8-12,20-23H,6-7,13-17H2,1-2H3/t20-,21+,22-,23-,24-,25+/m0/s1. The summed E-state index contributed by atoms with van der Waals surface area (Å²) in [6.45, 7) is 5.21. The molecule has 0 N–H and O–H groups in total. The zero-order valence-electron chi connectivity index (χ0n) is 15.9. The van der Waals surface area contributed by atoms with Gasteiger partial charge >= 0.3 is 0 Å². The van der Waals surface area contributed by atoms with Crippen molar-refractivity contribution in [3.8, 4) is 0 Å². The molecule has 132 valence electrons. The minimum atomic E-state index is 0.462. The Morgan fingerprint density at radius 2 is 1.76 bits per heavy atom. The molecule has 1 aromatic carbocycles. The van der Waals surface area contributed by atoms with Gasteiger partial charge in [0.05, 0.1) is 0 Å². The molecule has 0 unspecified atom stereocenters. The molecule has 25 heavy (non-hydrogen) atoms. The molecule has 0 bridgehead atoms. The number of hydrogen-bond acceptors (Lipinski definition) is 0. The van der Waals surface area contributed by atoms with E-state index in [4.69, 9.17) is 0 Å². The fraction of sp³-hybridized carbons (Fsp3) is 0.600. The Labute approximate surface area is 153 Å². The first kappa shape index (κ1) is 15.9. The van der Waals surface area contributed by atoms with Gasteiger partial charge in [-0.3, -0.25) is 0 Å². The summed E-state index contributed by atoms with van der Waals surface area (Å²) < 4.78 is 0. The van der Waals surface area contributed by atoms with Gasteiger partial charge in [0.2, 0.25) is 0 Å². The van der Waals surface area contributed by atoms with Crippen LogP contribution in [0.1, 0.15) is 70.3 Å². The summed E-state index contributed by atoms with van der Waals surface area (Å²) in [6, 6.07) is 11.4. The van der Waals surface area contributed by atoms with Crippen molar-refractivity contribution in [1.29, 1.82) is 0 Å². The van der Waals surface area contributed by atoms with Crippen molar-refractivity contribution in [2.75, 3.05) is 0 Å². The van der Waals surface area contributed by atoms with E-state index in [1.807, 2.05) is 0 Å². The van der Waals surface area contributed by atoms with E-state index in [-0.39, 0.29) is 0 Å². The minimum absolute atomic E-state index is 0.462. The highest BCUT2D eigenvalue weighted by atomic mass is 14.6. The van der Waals surface area contributed by atoms with Crippen molar-refractivity contribution in [2.24, 2.45) is 28.6 Å². The van der Waals surface area contributed by atoms with Crippen molar-refractivity contribution in [1.82, 2.24) is 0 Å². The van der Waals surface area contributed by atoms with Crippen LogP contribution in [0, 0.1) is 28.6 Å². The van der Waals surface area contributed by atoms with Crippen LogP contribution >= 0.6 is 0 Å². The second kappa shape index (κ2) is 5.60. The third-order valence-corrected chi connectivity index (χ3v) is 8.77. The molecule has 4 aliphatic rings. The smallest absolute Gasteiger partial charge is 0.00445 e. The van der Waals surface area contributed by atoms with Crippen LogP contribution in [0.25, 0.3) is 0 Å². The van der Waals surface area contributed by atoms with Gasteiger partial charge in [-0.15, -0.1) is 0 Å². The van der Waals surface area contributed by atoms with Gasteiger partial charge in [-0.2, -0.15) is 0 Å². The SMILES string of the molecule is C[C@]12CC[C@H]3[C@@H](C=CC4=CCCC[C@@]43C)[C@@H]1CC[C@@H]2c1ccccc1. The highest BCUT2D eigenvalue weighted by molar-refractivity contribution is 5.36. The predicted octanol–water partition coefficient (Wildman–Crippen LogP) is 6.90. The third kappa shape index (κ3) is 2.19. The Bertz CT molecular complexity index is 711. The maximum absolute atomic E-state index is 2.64. The second-order valence-corrected chi connectivity index (χ2v) is 9.70. The Morgan fingerprint density at radius 3 is 2.60 bits per heavy atom. The second-order valence-electron chi connectivity index (χ2n) is 9.70. The molecule has 0 radical (unpaired) electrons. The highest BCUT2D eigenvalue weighted by Gasteiger charge is 2.57. The average molecular weight is 333 g/mol. The lowest BCUT2D eigenvalue weighted by molar-refractivity contribution is -0.00220. The Kier molecular flexibility index (Phi) is 3.56. The molecule has 0 heteroatoms. The largest absolute Gasteiger partial charge is 0.0808 e. The number of allylic oxidation sites excluding steroid dienone is 4. The molecule has 0 amide bonds. The zero-order chi connectivity index (χ0) is 17.1. The molecule has 0 aromatic heterocycles. The summed E-state index contributed by atoms with van der Waals surface area (Å²) in [6.07, 6.45) is 17.5. The third-order valence-electron chi connectivity index (χ3n) is 8.77. The quantitative estimate of drug-likeness (QED) is 0.524. The highest BCUT2D eigenvalue weighted by Crippen LogP contribution is 2.67. The van der Waals surface area contributed by atoms with Gasteiger partial charge in [0, 0.05) is 0 Å². The van der Waals surface area contributed by atoms with E-state index in [0.29, 0.717) is 10.8 Å². The minimum Gasteiger partial charge on any atom is -0.0808 e. The summed E-state index contributed by atoms with van der Waals surface area (Å²) in [5.41, 5.74) is 4.22. The van der Waals surface area contributed by atoms with Crippen molar-refractivity contribution in [3.63, 3.8) is 0 Å². The first-order valence-electron chi connectivity index (χ1n) is 10.6. The maximum atomic E-state index is 2.64. The molecule has 0 spiro atoms. The molecule has 1 aromatic rings. The number of fused-ring (bicyclic) bond motifs is 5. The van der Waals surface area contributed by atoms with Crippen LogP contribution in [0.4, 0.5) is 0 Å². The monoisotopic (exact) mass is 332 g/mol. The van der Waals surface area contributed by atoms with E-state index < -0.39 is 0 Å². The fourth-order valence-electron chi connectivity index (χ4n) is 7.42. The fourth-order valence-corrected chi connectivity index (χ4v) is 7.42. The number of benzene rings is 1. The van der Waals surface area contributed by atoms with Crippen LogP contribution < -0.4 is 0 Å². The van der Waals surface area contributed by atoms with Crippen LogP contribution in [-0.2, 0) is 0 Å². The topological polar surface area (TPSA) is 0 Å². The maximum Gasteiger partial charge on any atom is -0.00445 e. The molecular weight excluding hydrogens is 300 g/mol. The van der Waals surface area contributed by atoms with Gasteiger partial charge in [-0.05, 0) is 90.6 Å². The van der Waals surface area contributed by atoms with Crippen LogP contribution in [0.2, 0.25) is 0 Å². The summed E-state index contributed by atoms with van der Waals surface area (Å²) in [5.74, 6) is 3.35. The molecular formula is C25H32. The van der Waals surface area contributed by atoms with Gasteiger partial charge in [-0.25, -0.2) is 0 Å². The summed E-state index contributed by atoms with van der Waals surface area (Å²) in [7, 11) is 0. The summed E-state index contributed by atoms with van der Waals surface area (Å²) >= 11 is 0. The van der Waals surface area contributed by atoms with E-state index in [9.17, 15) is 0 Å². The molecule has 0 saturated heterocycles. The first-order chi connectivity index (χ1) is 12.1. The Balaban J connectivity index is 1.51. The van der Waals surface area contributed by atoms with Gasteiger partial charge in [-0.1, -0.05) is 62.4 Å². The lowest BCUT2D eigenvalue weighted by Gasteiger charge is -2.56. The number of rotatable bonds is 1. The van der Waals surface area contributed by atoms with Gasteiger partial charge in [0.15, 0.2) is 0 Å². The van der Waals surface area contributed by atoms with Crippen LogP contribution in [0.15, 0.2) is 54.1 Å². The van der Waals surface area contributed by atoms with Crippen molar-refractivity contribution < 1.29 is 0 Å². The van der Waals surface area contributed by atoms with Crippen molar-refractivity contribution in [3.05, 3.63) is 59.7 Å². The molecule has 5 rings (SSSR count). The van der Waals surface area contributed by atoms with Crippen LogP contribution in [0.5, 0.6) is 0 Å². The van der Waals surface area contributed by atoms with E-state index in [1.165, 1.54) is 44.9 Å². The molecule has 4 aliphatic carbocycles. The van der Waals surface area contributed by atoms with Gasteiger partial charge in [0.25, 0.3) is 0 Å². The van der Waals surface area contributed by atoms with Crippen LogP contribution in [-0.4, -0.2) is 0 Å². The molecule has 2 saturated carbocycles. The Hall–Kier alpha value is -1.30. The number of hydrogen-bond donors (Lipinski definition) is 0. The van der Waals surface area contributed by atoms with Crippen molar-refractivity contribution in [2.45, 2.75) is 64.7 Å². The summed E-state index contributed by atoms with van der Waals surface area (Å²) in [4.78, 5) is 0. The van der Waals surface area contributed by atoms with E-state index in [2.05, 4.69) is 62.4 Å². The average Bonchev–Trinajstić information content (AvgIpc) is 2.99. The molecule has 0 heterocycles. The lowest BCUT2D eigenvalue weighted by atomic mass is 9.48. The molecule has 6 atom stereocenters. The zero-order valence-corrected chi connectivity index (χ0v) is 15.9. The first-order valence-corrected chi connectivity index (χ1v) is 10.6. The predicted molar refractivity (Wildman–Crippen MR) is 105 cm³/mol. The molecule has 2 fully saturated rings. The normalized spacial score (nSPS) is 45.3. The van der Waals surface area contributed by atoms with E-state index >= 15 is 0 Å². The molecule has 0 nitrogen and oxygen atoms in total. The van der Waals surface area contributed by atoms with Crippen LogP contribution in [0.3, 0.4) is 0 Å². The Morgan fingerprint density at radius 1 is 0.920 bits per heavy atom.